The van der Waals surface area contributed by atoms with Crippen molar-refractivity contribution in [2.45, 2.75) is 18.2 Å². The van der Waals surface area contributed by atoms with Gasteiger partial charge in [-0.25, -0.2) is 8.42 Å². The molecule has 3 aromatic rings. The second kappa shape index (κ2) is 8.17. The van der Waals surface area contributed by atoms with Gasteiger partial charge in [-0.15, -0.1) is 0 Å². The zero-order valence-corrected chi connectivity index (χ0v) is 18.2. The Kier molecular flexibility index (Phi) is 5.56. The van der Waals surface area contributed by atoms with E-state index in [9.17, 15) is 18.0 Å². The Balaban J connectivity index is 1.68. The topological polar surface area (TPSA) is 83.6 Å². The van der Waals surface area contributed by atoms with Gasteiger partial charge in [-0.05, 0) is 48.4 Å². The van der Waals surface area contributed by atoms with Gasteiger partial charge in [-0.1, -0.05) is 41.9 Å². The fourth-order valence-electron chi connectivity index (χ4n) is 3.61. The van der Waals surface area contributed by atoms with Gasteiger partial charge in [0.25, 0.3) is 10.0 Å². The minimum absolute atomic E-state index is 0.0599. The van der Waals surface area contributed by atoms with Crippen LogP contribution in [0.25, 0.3) is 0 Å². The third kappa shape index (κ3) is 4.19. The lowest BCUT2D eigenvalue weighted by atomic mass is 10.0. The molecule has 0 aliphatic carbocycles. The summed E-state index contributed by atoms with van der Waals surface area (Å²) < 4.78 is 28.7. The molecule has 4 rings (SSSR count). The molecule has 0 spiro atoms. The van der Waals surface area contributed by atoms with E-state index in [1.165, 1.54) is 31.2 Å². The van der Waals surface area contributed by atoms with Crippen molar-refractivity contribution in [1.29, 1.82) is 0 Å². The average molecular weight is 455 g/mol. The van der Waals surface area contributed by atoms with Crippen molar-refractivity contribution < 1.29 is 18.0 Å². The molecule has 1 amide bonds. The summed E-state index contributed by atoms with van der Waals surface area (Å²) in [5, 5.41) is 0.323. The van der Waals surface area contributed by atoms with Crippen LogP contribution in [0.1, 0.15) is 28.4 Å². The summed E-state index contributed by atoms with van der Waals surface area (Å²) in [4.78, 5) is 26.4. The number of halogens is 1. The number of anilines is 2. The number of sulfonamides is 1. The molecule has 31 heavy (non-hydrogen) atoms. The smallest absolute Gasteiger partial charge is 0.261 e. The number of nitrogens with one attached hydrogen (secondary N) is 1. The van der Waals surface area contributed by atoms with E-state index in [-0.39, 0.29) is 27.8 Å². The predicted molar refractivity (Wildman–Crippen MR) is 120 cm³/mol. The van der Waals surface area contributed by atoms with Crippen LogP contribution < -0.4 is 9.62 Å². The molecule has 1 heterocycles. The molecular weight excluding hydrogens is 436 g/mol. The molecule has 0 atom stereocenters. The summed E-state index contributed by atoms with van der Waals surface area (Å²) >= 11 is 6.08. The van der Waals surface area contributed by atoms with Crippen molar-refractivity contribution in [3.8, 4) is 0 Å². The van der Waals surface area contributed by atoms with Crippen molar-refractivity contribution in [3.63, 3.8) is 0 Å². The SMILES string of the molecule is CC(=O)N1CCc2cc(S(=O)(=O)Nc3ccc(Cl)cc3C(=O)c3ccccc3)ccc21. The van der Waals surface area contributed by atoms with Crippen molar-refractivity contribution in [2.75, 3.05) is 16.2 Å². The van der Waals surface area contributed by atoms with Gasteiger partial charge in [0.2, 0.25) is 5.91 Å². The lowest BCUT2D eigenvalue weighted by Gasteiger charge is -2.16. The number of hydrogen-bond donors (Lipinski definition) is 1. The maximum Gasteiger partial charge on any atom is 0.261 e. The van der Waals surface area contributed by atoms with Gasteiger partial charge < -0.3 is 4.90 Å². The van der Waals surface area contributed by atoms with E-state index < -0.39 is 10.0 Å². The molecule has 0 bridgehead atoms. The van der Waals surface area contributed by atoms with Gasteiger partial charge in [-0.3, -0.25) is 14.3 Å². The molecule has 6 nitrogen and oxygen atoms in total. The van der Waals surface area contributed by atoms with Crippen LogP contribution in [-0.2, 0) is 21.2 Å². The maximum atomic E-state index is 13.1. The predicted octanol–water partition coefficient (Wildman–Crippen LogP) is 4.28. The summed E-state index contributed by atoms with van der Waals surface area (Å²) in [7, 11) is -3.97. The Morgan fingerprint density at radius 1 is 1.00 bits per heavy atom. The van der Waals surface area contributed by atoms with E-state index in [1.807, 2.05) is 0 Å². The molecule has 1 aliphatic rings. The van der Waals surface area contributed by atoms with Gasteiger partial charge in [0.05, 0.1) is 10.6 Å². The second-order valence-corrected chi connectivity index (χ2v) is 9.32. The van der Waals surface area contributed by atoms with Crippen molar-refractivity contribution >= 4 is 44.7 Å². The third-order valence-corrected chi connectivity index (χ3v) is 6.74. The fourth-order valence-corrected chi connectivity index (χ4v) is 4.92. The van der Waals surface area contributed by atoms with Gasteiger partial charge in [0.1, 0.15) is 0 Å². The molecule has 158 valence electrons. The van der Waals surface area contributed by atoms with E-state index in [0.29, 0.717) is 23.6 Å². The Labute approximate surface area is 185 Å². The van der Waals surface area contributed by atoms with Crippen molar-refractivity contribution in [2.24, 2.45) is 0 Å². The normalized spacial score (nSPS) is 13.0. The van der Waals surface area contributed by atoms with Gasteiger partial charge in [-0.2, -0.15) is 0 Å². The molecule has 8 heteroatoms. The van der Waals surface area contributed by atoms with Crippen molar-refractivity contribution in [1.82, 2.24) is 0 Å². The van der Waals surface area contributed by atoms with E-state index in [0.717, 1.165) is 11.3 Å². The molecule has 0 unspecified atom stereocenters. The molecular formula is C23H19ClN2O4S. The highest BCUT2D eigenvalue weighted by molar-refractivity contribution is 7.92. The van der Waals surface area contributed by atoms with Crippen LogP contribution in [-0.4, -0.2) is 26.7 Å². The number of ketones is 1. The van der Waals surface area contributed by atoms with E-state index in [4.69, 9.17) is 11.6 Å². The quantitative estimate of drug-likeness (QED) is 0.583. The van der Waals surface area contributed by atoms with Gasteiger partial charge in [0, 0.05) is 35.3 Å². The first-order valence-electron chi connectivity index (χ1n) is 9.59. The highest BCUT2D eigenvalue weighted by Crippen LogP contribution is 2.32. The number of rotatable bonds is 5. The Bertz CT molecular complexity index is 1290. The molecule has 0 aromatic heterocycles. The Morgan fingerprint density at radius 2 is 1.74 bits per heavy atom. The number of fused-ring (bicyclic) bond motifs is 1. The molecule has 1 aliphatic heterocycles. The van der Waals surface area contributed by atoms with Gasteiger partial charge >= 0.3 is 0 Å². The minimum Gasteiger partial charge on any atom is -0.312 e. The zero-order chi connectivity index (χ0) is 22.2. The zero-order valence-electron chi connectivity index (χ0n) is 16.6. The number of benzene rings is 3. The van der Waals surface area contributed by atoms with Crippen LogP contribution in [0, 0.1) is 0 Å². The monoisotopic (exact) mass is 454 g/mol. The molecule has 0 saturated carbocycles. The average Bonchev–Trinajstić information content (AvgIpc) is 3.18. The van der Waals surface area contributed by atoms with Crippen LogP contribution in [0.5, 0.6) is 0 Å². The van der Waals surface area contributed by atoms with Crippen LogP contribution in [0.2, 0.25) is 5.02 Å². The Morgan fingerprint density at radius 3 is 2.45 bits per heavy atom. The summed E-state index contributed by atoms with van der Waals surface area (Å²) in [6.45, 7) is 2.00. The first kappa shape index (κ1) is 21.1. The summed E-state index contributed by atoms with van der Waals surface area (Å²) in [6.07, 6.45) is 0.580. The van der Waals surface area contributed by atoms with Crippen LogP contribution in [0.4, 0.5) is 11.4 Å². The standard InChI is InChI=1S/C23H19ClN2O4S/c1-15(27)26-12-11-17-13-19(8-10-22(17)26)31(29,30)25-21-9-7-18(24)14-20(21)23(28)16-5-3-2-4-6-16/h2-10,13-14,25H,11-12H2,1H3. The molecule has 3 aromatic carbocycles. The number of carbonyl (C=O) groups excluding carboxylic acids is 2. The summed E-state index contributed by atoms with van der Waals surface area (Å²) in [5.74, 6) is -0.426. The highest BCUT2D eigenvalue weighted by Gasteiger charge is 2.26. The van der Waals surface area contributed by atoms with E-state index in [1.54, 1.807) is 47.4 Å². The van der Waals surface area contributed by atoms with Gasteiger partial charge in [0.15, 0.2) is 5.78 Å². The first-order valence-corrected chi connectivity index (χ1v) is 11.5. The molecule has 0 radical (unpaired) electrons. The molecule has 1 N–H and O–H groups in total. The maximum absolute atomic E-state index is 13.1. The fraction of sp³-hybridized carbons (Fsp3) is 0.130. The van der Waals surface area contributed by atoms with E-state index >= 15 is 0 Å². The number of amides is 1. The summed E-state index contributed by atoms with van der Waals surface area (Å²) in [6, 6.07) is 17.7. The number of carbonyl (C=O) groups is 2. The second-order valence-electron chi connectivity index (χ2n) is 7.20. The lowest BCUT2D eigenvalue weighted by Crippen LogP contribution is -2.25. The van der Waals surface area contributed by atoms with Crippen LogP contribution in [0.3, 0.4) is 0 Å². The highest BCUT2D eigenvalue weighted by atomic mass is 35.5. The van der Waals surface area contributed by atoms with Crippen molar-refractivity contribution in [3.05, 3.63) is 88.4 Å². The van der Waals surface area contributed by atoms with E-state index in [2.05, 4.69) is 4.72 Å². The first-order chi connectivity index (χ1) is 14.8. The number of hydrogen-bond acceptors (Lipinski definition) is 4. The molecule has 0 fully saturated rings. The van der Waals surface area contributed by atoms with Crippen LogP contribution in [0.15, 0.2) is 71.6 Å². The summed E-state index contributed by atoms with van der Waals surface area (Å²) in [5.41, 5.74) is 2.23. The Hall–Kier alpha value is -3.16. The lowest BCUT2D eigenvalue weighted by molar-refractivity contribution is -0.116. The number of nitrogens with zero attached hydrogens (tertiary/aromatic N) is 1. The molecule has 0 saturated heterocycles. The largest absolute Gasteiger partial charge is 0.312 e. The minimum atomic E-state index is -3.97. The third-order valence-electron chi connectivity index (χ3n) is 5.14. The van der Waals surface area contributed by atoms with Crippen LogP contribution >= 0.6 is 11.6 Å².